The van der Waals surface area contributed by atoms with Crippen LogP contribution in [0, 0.1) is 25.7 Å². The highest BCUT2D eigenvalue weighted by Gasteiger charge is 2.49. The first kappa shape index (κ1) is 18.9. The van der Waals surface area contributed by atoms with Gasteiger partial charge in [-0.1, -0.05) is 30.3 Å². The van der Waals surface area contributed by atoms with Crippen LogP contribution in [-0.4, -0.2) is 46.2 Å². The summed E-state index contributed by atoms with van der Waals surface area (Å²) in [5.74, 6) is 0.800. The maximum atomic E-state index is 13.3. The molecule has 0 spiro atoms. The van der Waals surface area contributed by atoms with Crippen LogP contribution in [0.2, 0.25) is 0 Å². The van der Waals surface area contributed by atoms with Crippen molar-refractivity contribution in [1.82, 2.24) is 14.8 Å². The molecule has 30 heavy (non-hydrogen) atoms. The summed E-state index contributed by atoms with van der Waals surface area (Å²) in [5, 5.41) is 1.11. The molecule has 0 unspecified atom stereocenters. The molecule has 0 aliphatic carbocycles. The van der Waals surface area contributed by atoms with Crippen LogP contribution in [0.1, 0.15) is 40.1 Å². The summed E-state index contributed by atoms with van der Waals surface area (Å²) in [7, 11) is 0. The quantitative estimate of drug-likeness (QED) is 0.704. The molecular weight excluding hydrogens is 374 g/mol. The van der Waals surface area contributed by atoms with Crippen LogP contribution in [0.4, 0.5) is 0 Å². The minimum absolute atomic E-state index is 0.0450. The zero-order valence-electron chi connectivity index (χ0n) is 17.7. The molecule has 2 amide bonds. The van der Waals surface area contributed by atoms with Gasteiger partial charge in [0.05, 0.1) is 6.04 Å². The van der Waals surface area contributed by atoms with E-state index >= 15 is 0 Å². The van der Waals surface area contributed by atoms with Crippen molar-refractivity contribution in [1.29, 1.82) is 0 Å². The summed E-state index contributed by atoms with van der Waals surface area (Å²) in [5.41, 5.74) is 5.30. The zero-order chi connectivity index (χ0) is 21.0. The standard InChI is InChI=1S/C25H27N3O2/c1-15-16(2)26-23-10-9-19(11-21(15)23)25(30)27-12-20-13-28(17(3)29)24(22(20)14-27)18-7-5-4-6-8-18/h4-11,20,22,24,26H,12-14H2,1-3H3/t20-,22-,24-/m1/s1. The van der Waals surface area contributed by atoms with Gasteiger partial charge in [0.25, 0.3) is 5.91 Å². The van der Waals surface area contributed by atoms with Crippen molar-refractivity contribution in [3.63, 3.8) is 0 Å². The number of H-pyrrole nitrogens is 1. The molecule has 0 bridgehead atoms. The molecule has 2 aromatic carbocycles. The van der Waals surface area contributed by atoms with Crippen molar-refractivity contribution in [2.24, 2.45) is 11.8 Å². The van der Waals surface area contributed by atoms with E-state index in [2.05, 4.69) is 31.0 Å². The largest absolute Gasteiger partial charge is 0.358 e. The monoisotopic (exact) mass is 401 g/mol. The Balaban J connectivity index is 1.42. The number of fused-ring (bicyclic) bond motifs is 2. The van der Waals surface area contributed by atoms with Gasteiger partial charge in [-0.05, 0) is 43.2 Å². The van der Waals surface area contributed by atoms with E-state index in [1.807, 2.05) is 46.2 Å². The summed E-state index contributed by atoms with van der Waals surface area (Å²) in [4.78, 5) is 33.0. The number of carbonyl (C=O) groups excluding carboxylic acids is 2. The maximum Gasteiger partial charge on any atom is 0.253 e. The van der Waals surface area contributed by atoms with Gasteiger partial charge in [-0.2, -0.15) is 0 Å². The molecule has 2 saturated heterocycles. The molecule has 5 heteroatoms. The predicted molar refractivity (Wildman–Crippen MR) is 117 cm³/mol. The molecule has 0 saturated carbocycles. The molecule has 5 nitrogen and oxygen atoms in total. The average molecular weight is 402 g/mol. The van der Waals surface area contributed by atoms with Crippen LogP contribution < -0.4 is 0 Å². The second-order valence-electron chi connectivity index (χ2n) is 8.80. The van der Waals surface area contributed by atoms with Crippen molar-refractivity contribution in [2.75, 3.05) is 19.6 Å². The lowest BCUT2D eigenvalue weighted by Gasteiger charge is -2.29. The number of amides is 2. The molecule has 3 heterocycles. The third kappa shape index (κ3) is 2.92. The molecule has 0 radical (unpaired) electrons. The number of benzene rings is 2. The van der Waals surface area contributed by atoms with E-state index in [-0.39, 0.29) is 23.8 Å². The maximum absolute atomic E-state index is 13.3. The lowest BCUT2D eigenvalue weighted by Crippen LogP contribution is -2.36. The summed E-state index contributed by atoms with van der Waals surface area (Å²) < 4.78 is 0. The van der Waals surface area contributed by atoms with Gasteiger partial charge in [0.1, 0.15) is 0 Å². The Morgan fingerprint density at radius 3 is 2.50 bits per heavy atom. The van der Waals surface area contributed by atoms with E-state index in [0.717, 1.165) is 34.3 Å². The Kier molecular flexibility index (Phi) is 4.42. The number of nitrogens with zero attached hydrogens (tertiary/aromatic N) is 2. The third-order valence-electron chi connectivity index (χ3n) is 7.05. The molecular formula is C25H27N3O2. The number of hydrogen-bond donors (Lipinski definition) is 1. The predicted octanol–water partition coefficient (Wildman–Crippen LogP) is 4.08. The Morgan fingerprint density at radius 1 is 1.00 bits per heavy atom. The fourth-order valence-electron chi connectivity index (χ4n) is 5.39. The number of carbonyl (C=O) groups is 2. The first-order chi connectivity index (χ1) is 14.4. The number of hydrogen-bond acceptors (Lipinski definition) is 2. The first-order valence-corrected chi connectivity index (χ1v) is 10.6. The summed E-state index contributed by atoms with van der Waals surface area (Å²) in [6, 6.07) is 16.2. The lowest BCUT2D eigenvalue weighted by atomic mass is 9.89. The van der Waals surface area contributed by atoms with Crippen LogP contribution in [0.5, 0.6) is 0 Å². The topological polar surface area (TPSA) is 56.4 Å². The van der Waals surface area contributed by atoms with Crippen LogP contribution in [0.25, 0.3) is 10.9 Å². The zero-order valence-corrected chi connectivity index (χ0v) is 17.7. The van der Waals surface area contributed by atoms with Gasteiger partial charge in [0.2, 0.25) is 5.91 Å². The number of nitrogens with one attached hydrogen (secondary N) is 1. The Hall–Kier alpha value is -3.08. The van der Waals surface area contributed by atoms with E-state index in [0.29, 0.717) is 19.0 Å². The van der Waals surface area contributed by atoms with Crippen molar-refractivity contribution >= 4 is 22.7 Å². The number of aromatic amines is 1. The van der Waals surface area contributed by atoms with E-state index < -0.39 is 0 Å². The highest BCUT2D eigenvalue weighted by Crippen LogP contribution is 2.45. The molecule has 2 aliphatic rings. The minimum atomic E-state index is 0.0450. The van der Waals surface area contributed by atoms with E-state index in [1.165, 1.54) is 5.56 Å². The smallest absolute Gasteiger partial charge is 0.253 e. The summed E-state index contributed by atoms with van der Waals surface area (Å²) in [6.45, 7) is 7.91. The van der Waals surface area contributed by atoms with Crippen molar-refractivity contribution in [3.8, 4) is 0 Å². The minimum Gasteiger partial charge on any atom is -0.358 e. The van der Waals surface area contributed by atoms with Gasteiger partial charge in [-0.25, -0.2) is 0 Å². The van der Waals surface area contributed by atoms with Crippen molar-refractivity contribution in [3.05, 3.63) is 70.9 Å². The third-order valence-corrected chi connectivity index (χ3v) is 7.05. The van der Waals surface area contributed by atoms with Gasteiger partial charge >= 0.3 is 0 Å². The number of likely N-dealkylation sites (tertiary alicyclic amines) is 2. The van der Waals surface area contributed by atoms with Crippen LogP contribution >= 0.6 is 0 Å². The molecule has 1 aromatic heterocycles. The highest BCUT2D eigenvalue weighted by atomic mass is 16.2. The Labute approximate surface area is 176 Å². The van der Waals surface area contributed by atoms with Crippen LogP contribution in [0.15, 0.2) is 48.5 Å². The van der Waals surface area contributed by atoms with Crippen LogP contribution in [0.3, 0.4) is 0 Å². The molecule has 5 rings (SSSR count). The number of rotatable bonds is 2. The summed E-state index contributed by atoms with van der Waals surface area (Å²) in [6.07, 6.45) is 0. The van der Waals surface area contributed by atoms with Crippen molar-refractivity contribution in [2.45, 2.75) is 26.8 Å². The number of aryl methyl sites for hydroxylation is 2. The van der Waals surface area contributed by atoms with Gasteiger partial charge in [-0.3, -0.25) is 9.59 Å². The van der Waals surface area contributed by atoms with Crippen molar-refractivity contribution < 1.29 is 9.59 Å². The van der Waals surface area contributed by atoms with Gasteiger partial charge < -0.3 is 14.8 Å². The molecule has 1 N–H and O–H groups in total. The second kappa shape index (κ2) is 7.01. The first-order valence-electron chi connectivity index (χ1n) is 10.6. The summed E-state index contributed by atoms with van der Waals surface area (Å²) >= 11 is 0. The van der Waals surface area contributed by atoms with Crippen LogP contribution in [-0.2, 0) is 4.79 Å². The Bertz CT molecular complexity index is 1130. The van der Waals surface area contributed by atoms with E-state index in [1.54, 1.807) is 6.92 Å². The SMILES string of the molecule is CC(=O)N1C[C@H]2CN(C(=O)c3ccc4[nH]c(C)c(C)c4c3)C[C@H]2[C@H]1c1ccccc1. The van der Waals surface area contributed by atoms with Gasteiger partial charge in [-0.15, -0.1) is 0 Å². The van der Waals surface area contributed by atoms with Gasteiger partial charge in [0, 0.05) is 60.6 Å². The van der Waals surface area contributed by atoms with E-state index in [9.17, 15) is 9.59 Å². The van der Waals surface area contributed by atoms with Gasteiger partial charge in [0.15, 0.2) is 0 Å². The number of aromatic nitrogens is 1. The molecule has 3 atom stereocenters. The molecule has 154 valence electrons. The molecule has 2 fully saturated rings. The fourth-order valence-corrected chi connectivity index (χ4v) is 5.39. The lowest BCUT2D eigenvalue weighted by molar-refractivity contribution is -0.130. The molecule has 3 aromatic rings. The van der Waals surface area contributed by atoms with E-state index in [4.69, 9.17) is 0 Å². The highest BCUT2D eigenvalue weighted by molar-refractivity contribution is 5.99. The average Bonchev–Trinajstić information content (AvgIpc) is 3.39. The fraction of sp³-hybridized carbons (Fsp3) is 0.360. The normalized spacial score (nSPS) is 23.2. The molecule has 2 aliphatic heterocycles. The second-order valence-corrected chi connectivity index (χ2v) is 8.80. The Morgan fingerprint density at radius 2 is 1.77 bits per heavy atom.